The van der Waals surface area contributed by atoms with E-state index in [1.54, 1.807) is 36.4 Å². The summed E-state index contributed by atoms with van der Waals surface area (Å²) in [6, 6.07) is 19.9. The third-order valence-corrected chi connectivity index (χ3v) is 5.70. The van der Waals surface area contributed by atoms with E-state index < -0.39 is 11.8 Å². The van der Waals surface area contributed by atoms with Crippen LogP contribution in [0.5, 0.6) is 5.75 Å². The molecule has 0 atom stereocenters. The van der Waals surface area contributed by atoms with Crippen LogP contribution >= 0.6 is 11.6 Å². The number of rotatable bonds is 6. The number of anilines is 3. The van der Waals surface area contributed by atoms with Gasteiger partial charge in [-0.05, 0) is 66.6 Å². The van der Waals surface area contributed by atoms with E-state index in [-0.39, 0.29) is 11.3 Å². The van der Waals surface area contributed by atoms with Gasteiger partial charge in [0.25, 0.3) is 11.8 Å². The molecular weight excluding hydrogens is 438 g/mol. The molecule has 3 aromatic rings. The molecule has 0 bridgehead atoms. The van der Waals surface area contributed by atoms with Crippen molar-refractivity contribution in [3.05, 3.63) is 88.6 Å². The molecule has 0 spiro atoms. The summed E-state index contributed by atoms with van der Waals surface area (Å²) in [6.07, 6.45) is 0. The lowest BCUT2D eigenvalue weighted by molar-refractivity contribution is -0.120. The van der Waals surface area contributed by atoms with Crippen molar-refractivity contribution in [2.75, 3.05) is 36.3 Å². The van der Waals surface area contributed by atoms with Gasteiger partial charge >= 0.3 is 0 Å². The van der Waals surface area contributed by atoms with Crippen molar-refractivity contribution < 1.29 is 14.3 Å². The van der Waals surface area contributed by atoms with Gasteiger partial charge in [-0.25, -0.2) is 4.90 Å². The molecular formula is C26H24ClN3O3. The zero-order valence-electron chi connectivity index (χ0n) is 18.8. The second-order valence-electron chi connectivity index (χ2n) is 7.94. The standard InChI is InChI=1S/C26H24ClN3O3/c1-16-5-14-22(33-4)21(15-16)30-25(31)23(17-6-8-18(27)9-7-17)24(26(30)32)28-19-10-12-20(13-11-19)29(2)3/h5-15,28H,1-4H3. The van der Waals surface area contributed by atoms with E-state index >= 15 is 0 Å². The number of nitrogens with zero attached hydrogens (tertiary/aromatic N) is 2. The van der Waals surface area contributed by atoms with Crippen molar-refractivity contribution in [2.24, 2.45) is 0 Å². The second-order valence-corrected chi connectivity index (χ2v) is 8.38. The highest BCUT2D eigenvalue weighted by Crippen LogP contribution is 2.38. The third kappa shape index (κ3) is 4.30. The van der Waals surface area contributed by atoms with E-state index in [0.717, 1.165) is 16.2 Å². The number of aryl methyl sites for hydroxylation is 1. The van der Waals surface area contributed by atoms with Crippen molar-refractivity contribution in [3.63, 3.8) is 0 Å². The molecule has 6 nitrogen and oxygen atoms in total. The van der Waals surface area contributed by atoms with Gasteiger partial charge in [0, 0.05) is 30.5 Å². The molecule has 0 fully saturated rings. The zero-order valence-corrected chi connectivity index (χ0v) is 19.6. The molecule has 0 radical (unpaired) electrons. The topological polar surface area (TPSA) is 61.9 Å². The maximum atomic E-state index is 13.6. The molecule has 2 amide bonds. The summed E-state index contributed by atoms with van der Waals surface area (Å²) in [5.74, 6) is -0.446. The van der Waals surface area contributed by atoms with Gasteiger partial charge in [-0.3, -0.25) is 9.59 Å². The minimum Gasteiger partial charge on any atom is -0.495 e. The summed E-state index contributed by atoms with van der Waals surface area (Å²) in [5.41, 5.74) is 4.09. The largest absolute Gasteiger partial charge is 0.495 e. The number of ether oxygens (including phenoxy) is 1. The molecule has 0 aliphatic carbocycles. The predicted octanol–water partition coefficient (Wildman–Crippen LogP) is 5.12. The van der Waals surface area contributed by atoms with Crippen molar-refractivity contribution >= 4 is 46.1 Å². The minimum absolute atomic E-state index is 0.198. The number of hydrogen-bond donors (Lipinski definition) is 1. The molecule has 168 valence electrons. The molecule has 1 heterocycles. The van der Waals surface area contributed by atoms with Crippen LogP contribution in [0.1, 0.15) is 11.1 Å². The van der Waals surface area contributed by atoms with Crippen molar-refractivity contribution in [3.8, 4) is 5.75 Å². The number of methoxy groups -OCH3 is 1. The Morgan fingerprint density at radius 1 is 0.909 bits per heavy atom. The van der Waals surface area contributed by atoms with Gasteiger partial charge in [-0.2, -0.15) is 0 Å². The fraction of sp³-hybridized carbons (Fsp3) is 0.154. The fourth-order valence-corrected chi connectivity index (χ4v) is 3.84. The maximum Gasteiger partial charge on any atom is 0.282 e. The van der Waals surface area contributed by atoms with Crippen LogP contribution in [-0.2, 0) is 9.59 Å². The highest BCUT2D eigenvalue weighted by Gasteiger charge is 2.41. The van der Waals surface area contributed by atoms with E-state index in [9.17, 15) is 9.59 Å². The first-order chi connectivity index (χ1) is 15.8. The highest BCUT2D eigenvalue weighted by atomic mass is 35.5. The van der Waals surface area contributed by atoms with E-state index in [2.05, 4.69) is 5.32 Å². The first kappa shape index (κ1) is 22.4. The molecule has 0 aromatic heterocycles. The van der Waals surface area contributed by atoms with E-state index in [0.29, 0.717) is 27.7 Å². The lowest BCUT2D eigenvalue weighted by atomic mass is 10.0. The molecule has 1 N–H and O–H groups in total. The van der Waals surface area contributed by atoms with Gasteiger partial charge in [0.1, 0.15) is 11.4 Å². The van der Waals surface area contributed by atoms with E-state index in [1.807, 2.05) is 56.3 Å². The smallest absolute Gasteiger partial charge is 0.282 e. The number of nitrogens with one attached hydrogen (secondary N) is 1. The minimum atomic E-state index is -0.453. The fourth-order valence-electron chi connectivity index (χ4n) is 3.71. The van der Waals surface area contributed by atoms with Gasteiger partial charge < -0.3 is 15.0 Å². The van der Waals surface area contributed by atoms with Crippen LogP contribution in [0.15, 0.2) is 72.4 Å². The Morgan fingerprint density at radius 2 is 1.58 bits per heavy atom. The average molecular weight is 462 g/mol. The van der Waals surface area contributed by atoms with Gasteiger partial charge in [-0.1, -0.05) is 29.8 Å². The summed E-state index contributed by atoms with van der Waals surface area (Å²) in [4.78, 5) is 30.4. The van der Waals surface area contributed by atoms with Crippen molar-refractivity contribution in [2.45, 2.75) is 6.92 Å². The lowest BCUT2D eigenvalue weighted by Gasteiger charge is -2.19. The number of imide groups is 1. The van der Waals surface area contributed by atoms with Gasteiger partial charge in [-0.15, -0.1) is 0 Å². The number of benzene rings is 3. The van der Waals surface area contributed by atoms with Crippen LogP contribution < -0.4 is 19.9 Å². The quantitative estimate of drug-likeness (QED) is 0.516. The van der Waals surface area contributed by atoms with Crippen LogP contribution in [0, 0.1) is 6.92 Å². The lowest BCUT2D eigenvalue weighted by Crippen LogP contribution is -2.32. The molecule has 7 heteroatoms. The molecule has 4 rings (SSSR count). The highest BCUT2D eigenvalue weighted by molar-refractivity contribution is 6.46. The van der Waals surface area contributed by atoms with Crippen molar-refractivity contribution in [1.82, 2.24) is 0 Å². The summed E-state index contributed by atoms with van der Waals surface area (Å²) >= 11 is 6.06. The number of amides is 2. The molecule has 0 saturated heterocycles. The number of halogens is 1. The molecule has 1 aliphatic rings. The van der Waals surface area contributed by atoms with Crippen LogP contribution in [0.2, 0.25) is 5.02 Å². The monoisotopic (exact) mass is 461 g/mol. The molecule has 3 aromatic carbocycles. The Hall–Kier alpha value is -3.77. The second kappa shape index (κ2) is 9.00. The predicted molar refractivity (Wildman–Crippen MR) is 133 cm³/mol. The first-order valence-corrected chi connectivity index (χ1v) is 10.8. The van der Waals surface area contributed by atoms with Crippen LogP contribution in [-0.4, -0.2) is 33.0 Å². The summed E-state index contributed by atoms with van der Waals surface area (Å²) in [6.45, 7) is 1.90. The van der Waals surface area contributed by atoms with Crippen molar-refractivity contribution in [1.29, 1.82) is 0 Å². The molecule has 0 unspecified atom stereocenters. The third-order valence-electron chi connectivity index (χ3n) is 5.45. The zero-order chi connectivity index (χ0) is 23.7. The summed E-state index contributed by atoms with van der Waals surface area (Å²) in [7, 11) is 5.42. The Morgan fingerprint density at radius 3 is 2.18 bits per heavy atom. The van der Waals surface area contributed by atoms with E-state index in [1.165, 1.54) is 7.11 Å². The Labute approximate surface area is 198 Å². The van der Waals surface area contributed by atoms with Gasteiger partial charge in [0.2, 0.25) is 0 Å². The molecule has 0 saturated carbocycles. The Balaban J connectivity index is 1.82. The van der Waals surface area contributed by atoms with Crippen LogP contribution in [0.25, 0.3) is 5.57 Å². The summed E-state index contributed by atoms with van der Waals surface area (Å²) in [5, 5.41) is 3.72. The van der Waals surface area contributed by atoms with Gasteiger partial charge in [0.15, 0.2) is 0 Å². The van der Waals surface area contributed by atoms with Gasteiger partial charge in [0.05, 0.1) is 18.4 Å². The van der Waals surface area contributed by atoms with Crippen LogP contribution in [0.3, 0.4) is 0 Å². The SMILES string of the molecule is COc1ccc(C)cc1N1C(=O)C(Nc2ccc(N(C)C)cc2)=C(c2ccc(Cl)cc2)C1=O. The average Bonchev–Trinajstić information content (AvgIpc) is 3.04. The Bertz CT molecular complexity index is 1250. The normalized spacial score (nSPS) is 13.5. The van der Waals surface area contributed by atoms with E-state index in [4.69, 9.17) is 16.3 Å². The summed E-state index contributed by atoms with van der Waals surface area (Å²) < 4.78 is 5.45. The number of hydrogen-bond acceptors (Lipinski definition) is 5. The van der Waals surface area contributed by atoms with Crippen LogP contribution in [0.4, 0.5) is 17.1 Å². The molecule has 33 heavy (non-hydrogen) atoms. The first-order valence-electron chi connectivity index (χ1n) is 10.4. The number of carbonyl (C=O) groups excluding carboxylic acids is 2. The molecule has 1 aliphatic heterocycles. The number of carbonyl (C=O) groups is 2. The maximum absolute atomic E-state index is 13.6. The Kier molecular flexibility index (Phi) is 6.11.